The number of ether oxygens (including phenoxy) is 2. The molecule has 7 nitrogen and oxygen atoms in total. The van der Waals surface area contributed by atoms with Gasteiger partial charge in [-0.25, -0.2) is 4.99 Å². The van der Waals surface area contributed by atoms with E-state index in [4.69, 9.17) is 15.2 Å². The molecule has 152 valence electrons. The van der Waals surface area contributed by atoms with Crippen molar-refractivity contribution in [2.75, 3.05) is 20.3 Å². The van der Waals surface area contributed by atoms with Crippen molar-refractivity contribution in [3.05, 3.63) is 59.7 Å². The number of guanidine groups is 1. The van der Waals surface area contributed by atoms with Gasteiger partial charge in [-0.2, -0.15) is 0 Å². The number of nitrogens with two attached hydrogens (primary N) is 1. The number of benzene rings is 2. The monoisotopic (exact) mass is 498 g/mol. The van der Waals surface area contributed by atoms with E-state index in [0.717, 1.165) is 23.4 Å². The Morgan fingerprint density at radius 3 is 2.64 bits per heavy atom. The number of methoxy groups -OCH3 is 1. The molecule has 0 bridgehead atoms. The summed E-state index contributed by atoms with van der Waals surface area (Å²) in [6.07, 6.45) is 0. The molecule has 0 aliphatic rings. The molecule has 0 heterocycles. The highest BCUT2D eigenvalue weighted by molar-refractivity contribution is 14.0. The Morgan fingerprint density at radius 1 is 1.14 bits per heavy atom. The maximum absolute atomic E-state index is 10.8. The number of primary amides is 1. The van der Waals surface area contributed by atoms with E-state index in [-0.39, 0.29) is 30.6 Å². The summed E-state index contributed by atoms with van der Waals surface area (Å²) in [7, 11) is 1.66. The average Bonchev–Trinajstić information content (AvgIpc) is 2.69. The van der Waals surface area contributed by atoms with Gasteiger partial charge in [0.2, 0.25) is 0 Å². The number of aliphatic imine (C=N–C) groups is 1. The van der Waals surface area contributed by atoms with Crippen molar-refractivity contribution < 1.29 is 14.3 Å². The van der Waals surface area contributed by atoms with Gasteiger partial charge in [-0.1, -0.05) is 30.3 Å². The molecular formula is C20H27IN4O3. The SMILES string of the molecule is CCNC(=NCc1cccc(OCC(N)=O)c1)NCc1ccccc1OC.I. The maximum atomic E-state index is 10.8. The zero-order valence-corrected chi connectivity index (χ0v) is 18.4. The van der Waals surface area contributed by atoms with Gasteiger partial charge in [0.05, 0.1) is 13.7 Å². The summed E-state index contributed by atoms with van der Waals surface area (Å²) in [6, 6.07) is 15.3. The first kappa shape index (κ1) is 23.5. The number of carbonyl (C=O) groups is 1. The minimum absolute atomic E-state index is 0. The van der Waals surface area contributed by atoms with Crippen molar-refractivity contribution in [2.24, 2.45) is 10.7 Å². The van der Waals surface area contributed by atoms with Gasteiger partial charge in [0.1, 0.15) is 11.5 Å². The summed E-state index contributed by atoms with van der Waals surface area (Å²) in [5.74, 6) is 1.62. The highest BCUT2D eigenvalue weighted by atomic mass is 127. The van der Waals surface area contributed by atoms with Gasteiger partial charge in [-0.15, -0.1) is 24.0 Å². The summed E-state index contributed by atoms with van der Waals surface area (Å²) in [5, 5.41) is 6.52. The topological polar surface area (TPSA) is 98.0 Å². The van der Waals surface area contributed by atoms with Gasteiger partial charge in [0, 0.05) is 18.7 Å². The molecular weight excluding hydrogens is 471 g/mol. The first-order chi connectivity index (χ1) is 13.1. The predicted octanol–water partition coefficient (Wildman–Crippen LogP) is 2.43. The van der Waals surface area contributed by atoms with Crippen molar-refractivity contribution in [3.8, 4) is 11.5 Å². The molecule has 0 saturated heterocycles. The van der Waals surface area contributed by atoms with Crippen LogP contribution in [0.5, 0.6) is 11.5 Å². The highest BCUT2D eigenvalue weighted by Gasteiger charge is 2.04. The Labute approximate surface area is 182 Å². The first-order valence-corrected chi connectivity index (χ1v) is 8.76. The second kappa shape index (κ2) is 12.8. The fourth-order valence-corrected chi connectivity index (χ4v) is 2.43. The Balaban J connectivity index is 0.00000392. The molecule has 0 radical (unpaired) electrons. The van der Waals surface area contributed by atoms with Crippen LogP contribution in [0.1, 0.15) is 18.1 Å². The van der Waals surface area contributed by atoms with E-state index in [0.29, 0.717) is 24.8 Å². The molecule has 0 aromatic heterocycles. The summed E-state index contributed by atoms with van der Waals surface area (Å²) < 4.78 is 10.7. The molecule has 0 atom stereocenters. The third kappa shape index (κ3) is 8.03. The minimum atomic E-state index is -0.506. The van der Waals surface area contributed by atoms with Crippen LogP contribution in [0.2, 0.25) is 0 Å². The summed E-state index contributed by atoms with van der Waals surface area (Å²) in [5.41, 5.74) is 7.11. The van der Waals surface area contributed by atoms with E-state index in [1.807, 2.05) is 49.4 Å². The lowest BCUT2D eigenvalue weighted by atomic mass is 10.2. The number of carbonyl (C=O) groups excluding carboxylic acids is 1. The standard InChI is InChI=1S/C20H26N4O3.HI/c1-3-22-20(24-13-16-8-4-5-10-18(16)26-2)23-12-15-7-6-9-17(11-15)27-14-19(21)25;/h4-11H,3,12-14H2,1-2H3,(H2,21,25)(H2,22,23,24);1H. The first-order valence-electron chi connectivity index (χ1n) is 8.76. The van der Waals surface area contributed by atoms with E-state index in [2.05, 4.69) is 15.6 Å². The van der Waals surface area contributed by atoms with Crippen LogP contribution in [0.3, 0.4) is 0 Å². The van der Waals surface area contributed by atoms with Crippen molar-refractivity contribution >= 4 is 35.8 Å². The van der Waals surface area contributed by atoms with E-state index in [1.54, 1.807) is 13.2 Å². The Kier molecular flexibility index (Phi) is 10.8. The van der Waals surface area contributed by atoms with Crippen LogP contribution in [-0.2, 0) is 17.9 Å². The lowest BCUT2D eigenvalue weighted by Crippen LogP contribution is -2.36. The quantitative estimate of drug-likeness (QED) is 0.280. The maximum Gasteiger partial charge on any atom is 0.255 e. The van der Waals surface area contributed by atoms with Crippen LogP contribution in [0.4, 0.5) is 0 Å². The van der Waals surface area contributed by atoms with Gasteiger partial charge < -0.3 is 25.8 Å². The lowest BCUT2D eigenvalue weighted by molar-refractivity contribution is -0.119. The third-order valence-corrected chi connectivity index (χ3v) is 3.68. The zero-order chi connectivity index (χ0) is 19.5. The molecule has 2 aromatic rings. The highest BCUT2D eigenvalue weighted by Crippen LogP contribution is 2.17. The van der Waals surface area contributed by atoms with Gasteiger partial charge in [-0.3, -0.25) is 4.79 Å². The fourth-order valence-electron chi connectivity index (χ4n) is 2.43. The van der Waals surface area contributed by atoms with Crippen LogP contribution in [0.25, 0.3) is 0 Å². The number of para-hydroxylation sites is 1. The molecule has 0 aliphatic carbocycles. The van der Waals surface area contributed by atoms with Crippen molar-refractivity contribution in [2.45, 2.75) is 20.0 Å². The Bertz CT molecular complexity index is 784. The third-order valence-electron chi connectivity index (χ3n) is 3.68. The molecule has 0 spiro atoms. The second-order valence-corrected chi connectivity index (χ2v) is 5.76. The smallest absolute Gasteiger partial charge is 0.255 e. The largest absolute Gasteiger partial charge is 0.496 e. The average molecular weight is 498 g/mol. The van der Waals surface area contributed by atoms with Gasteiger partial charge >= 0.3 is 0 Å². The molecule has 2 rings (SSSR count). The molecule has 0 saturated carbocycles. The number of hydrogen-bond acceptors (Lipinski definition) is 4. The molecule has 28 heavy (non-hydrogen) atoms. The van der Waals surface area contributed by atoms with Gasteiger partial charge in [0.25, 0.3) is 5.91 Å². The van der Waals surface area contributed by atoms with E-state index in [9.17, 15) is 4.79 Å². The predicted molar refractivity (Wildman–Crippen MR) is 121 cm³/mol. The van der Waals surface area contributed by atoms with Crippen molar-refractivity contribution in [1.29, 1.82) is 0 Å². The minimum Gasteiger partial charge on any atom is -0.496 e. The summed E-state index contributed by atoms with van der Waals surface area (Å²) in [4.78, 5) is 15.4. The van der Waals surface area contributed by atoms with E-state index >= 15 is 0 Å². The van der Waals surface area contributed by atoms with Crippen LogP contribution in [0, 0.1) is 0 Å². The summed E-state index contributed by atoms with van der Waals surface area (Å²) in [6.45, 7) is 3.68. The van der Waals surface area contributed by atoms with Crippen LogP contribution >= 0.6 is 24.0 Å². The van der Waals surface area contributed by atoms with Crippen LogP contribution in [-0.4, -0.2) is 32.1 Å². The Morgan fingerprint density at radius 2 is 1.93 bits per heavy atom. The molecule has 0 fully saturated rings. The summed E-state index contributed by atoms with van der Waals surface area (Å²) >= 11 is 0. The number of nitrogens with one attached hydrogen (secondary N) is 2. The Hall–Kier alpha value is -2.49. The van der Waals surface area contributed by atoms with Crippen molar-refractivity contribution in [1.82, 2.24) is 10.6 Å². The van der Waals surface area contributed by atoms with Gasteiger partial charge in [0.15, 0.2) is 12.6 Å². The lowest BCUT2D eigenvalue weighted by Gasteiger charge is -2.13. The number of halogens is 1. The molecule has 0 aliphatic heterocycles. The number of amides is 1. The fraction of sp³-hybridized carbons (Fsp3) is 0.300. The van der Waals surface area contributed by atoms with Crippen LogP contribution < -0.4 is 25.8 Å². The molecule has 0 unspecified atom stereocenters. The van der Waals surface area contributed by atoms with E-state index < -0.39 is 5.91 Å². The normalized spacial score (nSPS) is 10.6. The zero-order valence-electron chi connectivity index (χ0n) is 16.1. The second-order valence-electron chi connectivity index (χ2n) is 5.76. The molecule has 4 N–H and O–H groups in total. The molecule has 8 heteroatoms. The van der Waals surface area contributed by atoms with E-state index in [1.165, 1.54) is 0 Å². The molecule has 2 aromatic carbocycles. The van der Waals surface area contributed by atoms with Crippen LogP contribution in [0.15, 0.2) is 53.5 Å². The molecule has 1 amide bonds. The number of hydrogen-bond donors (Lipinski definition) is 3. The number of nitrogens with zero attached hydrogens (tertiary/aromatic N) is 1. The van der Waals surface area contributed by atoms with Crippen molar-refractivity contribution in [3.63, 3.8) is 0 Å². The number of rotatable bonds is 9. The van der Waals surface area contributed by atoms with Gasteiger partial charge in [-0.05, 0) is 30.7 Å².